The fourth-order valence-electron chi connectivity index (χ4n) is 1.60. The van der Waals surface area contributed by atoms with Gasteiger partial charge in [0.15, 0.2) is 11.5 Å². The fourth-order valence-corrected chi connectivity index (χ4v) is 1.60. The number of ether oxygens (including phenoxy) is 2. The highest BCUT2D eigenvalue weighted by atomic mass is 16.5. The molecule has 0 bridgehead atoms. The molecule has 0 fully saturated rings. The molecule has 1 unspecified atom stereocenters. The highest BCUT2D eigenvalue weighted by Crippen LogP contribution is 2.36. The molecule has 1 aromatic rings. The molecule has 1 N–H and O–H groups in total. The van der Waals surface area contributed by atoms with E-state index in [1.165, 1.54) is 0 Å². The predicted molar refractivity (Wildman–Crippen MR) is 59.8 cm³/mol. The van der Waals surface area contributed by atoms with Crippen LogP contribution < -0.4 is 9.47 Å². The highest BCUT2D eigenvalue weighted by Gasteiger charge is 2.15. The first-order chi connectivity index (χ1) is 7.13. The van der Waals surface area contributed by atoms with Gasteiger partial charge in [0, 0.05) is 18.1 Å². The van der Waals surface area contributed by atoms with Gasteiger partial charge in [0.2, 0.25) is 0 Å². The lowest BCUT2D eigenvalue weighted by Crippen LogP contribution is -2.04. The van der Waals surface area contributed by atoms with E-state index < -0.39 is 0 Å². The van der Waals surface area contributed by atoms with Crippen LogP contribution in [0.2, 0.25) is 0 Å². The van der Waals surface area contributed by atoms with Crippen molar-refractivity contribution in [2.75, 3.05) is 20.8 Å². The van der Waals surface area contributed by atoms with E-state index in [1.807, 2.05) is 26.0 Å². The maximum absolute atomic E-state index is 9.17. The van der Waals surface area contributed by atoms with E-state index in [4.69, 9.17) is 14.6 Å². The van der Waals surface area contributed by atoms with Crippen LogP contribution in [0.25, 0.3) is 0 Å². The summed E-state index contributed by atoms with van der Waals surface area (Å²) in [5.74, 6) is 1.48. The zero-order valence-corrected chi connectivity index (χ0v) is 9.70. The van der Waals surface area contributed by atoms with Crippen molar-refractivity contribution < 1.29 is 14.6 Å². The van der Waals surface area contributed by atoms with Crippen LogP contribution in [0.3, 0.4) is 0 Å². The van der Waals surface area contributed by atoms with Gasteiger partial charge in [0.25, 0.3) is 0 Å². The van der Waals surface area contributed by atoms with Gasteiger partial charge in [0.05, 0.1) is 14.2 Å². The monoisotopic (exact) mass is 210 g/mol. The molecule has 15 heavy (non-hydrogen) atoms. The maximum Gasteiger partial charge on any atom is 0.164 e. The van der Waals surface area contributed by atoms with E-state index in [9.17, 15) is 0 Å². The van der Waals surface area contributed by atoms with Crippen molar-refractivity contribution in [1.82, 2.24) is 0 Å². The Hall–Kier alpha value is -1.22. The molecule has 84 valence electrons. The van der Waals surface area contributed by atoms with Crippen LogP contribution in [0.5, 0.6) is 11.5 Å². The van der Waals surface area contributed by atoms with E-state index in [0.717, 1.165) is 11.1 Å². The average Bonchev–Trinajstić information content (AvgIpc) is 2.26. The van der Waals surface area contributed by atoms with Crippen LogP contribution in [-0.4, -0.2) is 25.9 Å². The number of hydrogen-bond acceptors (Lipinski definition) is 3. The van der Waals surface area contributed by atoms with Crippen molar-refractivity contribution in [1.29, 1.82) is 0 Å². The van der Waals surface area contributed by atoms with Gasteiger partial charge < -0.3 is 14.6 Å². The SMILES string of the molecule is COc1cc(C)cc(C(C)CO)c1OC. The van der Waals surface area contributed by atoms with Gasteiger partial charge >= 0.3 is 0 Å². The quantitative estimate of drug-likeness (QED) is 0.827. The summed E-state index contributed by atoms with van der Waals surface area (Å²) in [7, 11) is 3.23. The van der Waals surface area contributed by atoms with Crippen LogP contribution in [0.15, 0.2) is 12.1 Å². The largest absolute Gasteiger partial charge is 0.493 e. The lowest BCUT2D eigenvalue weighted by atomic mass is 9.98. The summed E-state index contributed by atoms with van der Waals surface area (Å²) in [6.45, 7) is 4.05. The van der Waals surface area contributed by atoms with Gasteiger partial charge in [-0.1, -0.05) is 13.0 Å². The van der Waals surface area contributed by atoms with E-state index in [0.29, 0.717) is 11.5 Å². The fraction of sp³-hybridized carbons (Fsp3) is 0.500. The second-order valence-electron chi connectivity index (χ2n) is 3.67. The topological polar surface area (TPSA) is 38.7 Å². The Morgan fingerprint density at radius 1 is 1.27 bits per heavy atom. The Morgan fingerprint density at radius 2 is 1.93 bits per heavy atom. The van der Waals surface area contributed by atoms with Crippen molar-refractivity contribution in [3.05, 3.63) is 23.3 Å². The van der Waals surface area contributed by atoms with Crippen LogP contribution in [-0.2, 0) is 0 Å². The zero-order chi connectivity index (χ0) is 11.4. The molecule has 0 saturated heterocycles. The van der Waals surface area contributed by atoms with Gasteiger partial charge in [0.1, 0.15) is 0 Å². The van der Waals surface area contributed by atoms with E-state index >= 15 is 0 Å². The molecule has 0 aliphatic heterocycles. The third-order valence-corrected chi connectivity index (χ3v) is 2.46. The summed E-state index contributed by atoms with van der Waals surface area (Å²) < 4.78 is 10.6. The lowest BCUT2D eigenvalue weighted by molar-refractivity contribution is 0.268. The zero-order valence-electron chi connectivity index (χ0n) is 9.70. The van der Waals surface area contributed by atoms with Crippen LogP contribution in [0.4, 0.5) is 0 Å². The minimum absolute atomic E-state index is 0.0498. The number of benzene rings is 1. The molecule has 1 atom stereocenters. The number of rotatable bonds is 4. The third-order valence-electron chi connectivity index (χ3n) is 2.46. The number of methoxy groups -OCH3 is 2. The van der Waals surface area contributed by atoms with Crippen molar-refractivity contribution >= 4 is 0 Å². The van der Waals surface area contributed by atoms with Crippen molar-refractivity contribution in [2.45, 2.75) is 19.8 Å². The molecule has 3 heteroatoms. The third kappa shape index (κ3) is 2.42. The molecule has 0 aliphatic carbocycles. The molecule has 0 aromatic heterocycles. The Labute approximate surface area is 90.6 Å². The summed E-state index contributed by atoms with van der Waals surface area (Å²) in [6, 6.07) is 3.94. The minimum atomic E-state index is 0.0498. The molecule has 0 heterocycles. The summed E-state index contributed by atoms with van der Waals surface area (Å²) in [5.41, 5.74) is 2.08. The van der Waals surface area contributed by atoms with Crippen molar-refractivity contribution in [3.8, 4) is 11.5 Å². The van der Waals surface area contributed by atoms with Crippen LogP contribution in [0, 0.1) is 6.92 Å². The van der Waals surface area contributed by atoms with Crippen LogP contribution in [0.1, 0.15) is 24.0 Å². The van der Waals surface area contributed by atoms with Crippen molar-refractivity contribution in [2.24, 2.45) is 0 Å². The normalized spacial score (nSPS) is 12.3. The number of hydrogen-bond donors (Lipinski definition) is 1. The van der Waals surface area contributed by atoms with E-state index in [1.54, 1.807) is 14.2 Å². The minimum Gasteiger partial charge on any atom is -0.493 e. The first-order valence-corrected chi connectivity index (χ1v) is 4.97. The Balaban J connectivity index is 3.28. The lowest BCUT2D eigenvalue weighted by Gasteiger charge is -2.17. The molecule has 0 spiro atoms. The molecule has 0 saturated carbocycles. The first-order valence-electron chi connectivity index (χ1n) is 4.97. The predicted octanol–water partition coefficient (Wildman–Crippen LogP) is 2.11. The van der Waals surface area contributed by atoms with E-state index in [-0.39, 0.29) is 12.5 Å². The summed E-state index contributed by atoms with van der Waals surface area (Å²) in [5, 5.41) is 9.17. The summed E-state index contributed by atoms with van der Waals surface area (Å²) >= 11 is 0. The summed E-state index contributed by atoms with van der Waals surface area (Å²) in [4.78, 5) is 0. The van der Waals surface area contributed by atoms with Gasteiger partial charge in [-0.2, -0.15) is 0 Å². The van der Waals surface area contributed by atoms with Gasteiger partial charge in [-0.05, 0) is 18.6 Å². The number of aliphatic hydroxyl groups excluding tert-OH is 1. The molecule has 1 rings (SSSR count). The Bertz CT molecular complexity index is 334. The number of aryl methyl sites for hydroxylation is 1. The molecule has 1 aromatic carbocycles. The van der Waals surface area contributed by atoms with Gasteiger partial charge in [-0.3, -0.25) is 0 Å². The van der Waals surface area contributed by atoms with Crippen LogP contribution >= 0.6 is 0 Å². The second-order valence-corrected chi connectivity index (χ2v) is 3.67. The molecule has 0 aliphatic rings. The average molecular weight is 210 g/mol. The second kappa shape index (κ2) is 5.03. The molecule has 0 amide bonds. The Morgan fingerprint density at radius 3 is 2.40 bits per heavy atom. The summed E-state index contributed by atoms with van der Waals surface area (Å²) in [6.07, 6.45) is 0. The highest BCUT2D eigenvalue weighted by molar-refractivity contribution is 5.50. The maximum atomic E-state index is 9.17. The molecule has 3 nitrogen and oxygen atoms in total. The van der Waals surface area contributed by atoms with Gasteiger partial charge in [-0.15, -0.1) is 0 Å². The number of aliphatic hydroxyl groups is 1. The van der Waals surface area contributed by atoms with E-state index in [2.05, 4.69) is 0 Å². The molecular weight excluding hydrogens is 192 g/mol. The van der Waals surface area contributed by atoms with Gasteiger partial charge in [-0.25, -0.2) is 0 Å². The first kappa shape index (κ1) is 11.9. The van der Waals surface area contributed by atoms with Crippen molar-refractivity contribution in [3.63, 3.8) is 0 Å². The molecule has 0 radical (unpaired) electrons. The molecular formula is C12H18O3. The smallest absolute Gasteiger partial charge is 0.164 e. The standard InChI is InChI=1S/C12H18O3/c1-8-5-10(9(2)7-13)12(15-4)11(6-8)14-3/h5-6,9,13H,7H2,1-4H3. The Kier molecular flexibility index (Phi) is 3.97.